The second-order valence-electron chi connectivity index (χ2n) is 11.4. The Morgan fingerprint density at radius 1 is 0.255 bits per heavy atom. The van der Waals surface area contributed by atoms with Crippen LogP contribution in [-0.2, 0) is 20.4 Å². The molecular weight excluding hydrogens is 744 g/mol. The quantitative estimate of drug-likeness (QED) is 0.180. The van der Waals surface area contributed by atoms with Crippen molar-refractivity contribution in [2.75, 3.05) is 0 Å². The van der Waals surface area contributed by atoms with Gasteiger partial charge in [-0.25, -0.2) is 0 Å². The molecule has 0 spiro atoms. The Balaban J connectivity index is 0.000000307. The molecule has 5 heteroatoms. The van der Waals surface area contributed by atoms with Crippen molar-refractivity contribution in [1.82, 2.24) is 0 Å². The van der Waals surface area contributed by atoms with Crippen LogP contribution in [0.2, 0.25) is 0 Å². The predicted octanol–water partition coefficient (Wildman–Crippen LogP) is 2.75. The number of hydrogen-bond donors (Lipinski definition) is 0. The number of hydrogen-bond acceptors (Lipinski definition) is 0. The minimum Gasteiger partial charge on any atom is -1.00 e. The van der Waals surface area contributed by atoms with Crippen molar-refractivity contribution in [2.24, 2.45) is 0 Å². The van der Waals surface area contributed by atoms with Crippen LogP contribution in [0.25, 0.3) is 0 Å². The normalized spacial score (nSPS) is 10.2. The Morgan fingerprint density at radius 2 is 0.383 bits per heavy atom. The molecule has 0 saturated carbocycles. The van der Waals surface area contributed by atoms with E-state index in [0.29, 0.717) is 0 Å². The Labute approximate surface area is 311 Å². The van der Waals surface area contributed by atoms with E-state index < -0.39 is 15.8 Å². The third-order valence-corrected chi connectivity index (χ3v) is 14.0. The Morgan fingerprint density at radius 3 is 0.511 bits per heavy atom. The topological polar surface area (TPSA) is 0 Å². The molecule has 0 radical (unpaired) electrons. The van der Waals surface area contributed by atoms with Crippen LogP contribution in [0.1, 0.15) is 33.4 Å². The van der Waals surface area contributed by atoms with Gasteiger partial charge in [-0.15, -0.1) is 0 Å². The van der Waals surface area contributed by atoms with E-state index in [4.69, 9.17) is 0 Å². The SMILES string of the molecule is Cc1ccccc1P(c1ccccc1C)c1ccccc1C.Cc1ccccc1P(c1ccccc1C)c1ccccc1C.[Cl-].[Cl-].[Pd]. The van der Waals surface area contributed by atoms with Crippen LogP contribution >= 0.6 is 15.8 Å². The first kappa shape index (κ1) is 40.6. The van der Waals surface area contributed by atoms with Crippen molar-refractivity contribution in [3.8, 4) is 0 Å². The summed E-state index contributed by atoms with van der Waals surface area (Å²) in [6.45, 7) is 13.3. The minimum atomic E-state index is -0.508. The van der Waals surface area contributed by atoms with Crippen LogP contribution in [0.4, 0.5) is 0 Å². The summed E-state index contributed by atoms with van der Waals surface area (Å²) >= 11 is 0. The number of benzene rings is 6. The van der Waals surface area contributed by atoms with Crippen molar-refractivity contribution in [1.29, 1.82) is 0 Å². The van der Waals surface area contributed by atoms with Gasteiger partial charge in [-0.1, -0.05) is 146 Å². The molecule has 0 saturated heterocycles. The summed E-state index contributed by atoms with van der Waals surface area (Å²) in [7, 11) is -1.02. The molecule has 0 N–H and O–H groups in total. The maximum atomic E-state index is 2.29. The molecular formula is C42H42Cl2P2Pd-2. The van der Waals surface area contributed by atoms with Gasteiger partial charge in [-0.2, -0.15) is 0 Å². The number of rotatable bonds is 6. The Bertz CT molecular complexity index is 1520. The molecule has 0 bridgehead atoms. The van der Waals surface area contributed by atoms with E-state index in [9.17, 15) is 0 Å². The van der Waals surface area contributed by atoms with E-state index in [2.05, 4.69) is 187 Å². The molecule has 6 aromatic rings. The standard InChI is InChI=1S/2C21H21P.2ClH.Pd/c2*1-16-10-4-7-13-19(16)22(20-14-8-5-11-17(20)2)21-15-9-6-12-18(21)3;;;/h2*4-15H,1-3H3;2*1H;/p-2. The number of aryl methyl sites for hydroxylation is 6. The molecule has 0 fully saturated rings. The predicted molar refractivity (Wildman–Crippen MR) is 199 cm³/mol. The molecule has 0 amide bonds. The summed E-state index contributed by atoms with van der Waals surface area (Å²) < 4.78 is 0. The van der Waals surface area contributed by atoms with Crippen molar-refractivity contribution in [3.63, 3.8) is 0 Å². The second-order valence-corrected chi connectivity index (χ2v) is 15.6. The Hall–Kier alpha value is -2.58. The third-order valence-electron chi connectivity index (χ3n) is 8.14. The van der Waals surface area contributed by atoms with Gasteiger partial charge < -0.3 is 24.8 Å². The van der Waals surface area contributed by atoms with Gasteiger partial charge in [0.2, 0.25) is 0 Å². The van der Waals surface area contributed by atoms with Gasteiger partial charge in [-0.3, -0.25) is 0 Å². The molecule has 0 aromatic heterocycles. The molecule has 0 aliphatic rings. The maximum Gasteiger partial charge on any atom is 0 e. The van der Waals surface area contributed by atoms with Gasteiger partial charge in [0, 0.05) is 20.4 Å². The molecule has 0 aliphatic heterocycles. The minimum absolute atomic E-state index is 0. The molecule has 0 nitrogen and oxygen atoms in total. The van der Waals surface area contributed by atoms with Crippen LogP contribution in [0.5, 0.6) is 0 Å². The average molecular weight is 786 g/mol. The second kappa shape index (κ2) is 19.4. The van der Waals surface area contributed by atoms with E-state index in [1.165, 1.54) is 65.2 Å². The fourth-order valence-electron chi connectivity index (χ4n) is 5.66. The van der Waals surface area contributed by atoms with Crippen LogP contribution < -0.4 is 56.6 Å². The van der Waals surface area contributed by atoms with Gasteiger partial charge in [-0.05, 0) is 123 Å². The van der Waals surface area contributed by atoms with Crippen LogP contribution in [0.3, 0.4) is 0 Å². The fourth-order valence-corrected chi connectivity index (χ4v) is 11.2. The van der Waals surface area contributed by atoms with Crippen LogP contribution in [0, 0.1) is 41.5 Å². The summed E-state index contributed by atoms with van der Waals surface area (Å²) in [4.78, 5) is 0. The largest absolute Gasteiger partial charge is 1.00 e. The molecule has 0 atom stereocenters. The monoisotopic (exact) mass is 784 g/mol. The molecule has 6 aromatic carbocycles. The van der Waals surface area contributed by atoms with E-state index >= 15 is 0 Å². The molecule has 0 unspecified atom stereocenters. The van der Waals surface area contributed by atoms with E-state index in [1.807, 2.05) is 0 Å². The van der Waals surface area contributed by atoms with Gasteiger partial charge in [0.05, 0.1) is 0 Å². The summed E-state index contributed by atoms with van der Waals surface area (Å²) in [6.07, 6.45) is 0. The van der Waals surface area contributed by atoms with Gasteiger partial charge in [0.15, 0.2) is 0 Å². The van der Waals surface area contributed by atoms with Gasteiger partial charge in [0.25, 0.3) is 0 Å². The third kappa shape index (κ3) is 9.75. The summed E-state index contributed by atoms with van der Waals surface area (Å²) in [6, 6.07) is 52.8. The average Bonchev–Trinajstić information content (AvgIpc) is 3.03. The fraction of sp³-hybridized carbons (Fsp3) is 0.143. The summed E-state index contributed by atoms with van der Waals surface area (Å²) in [5.74, 6) is 0. The van der Waals surface area contributed by atoms with E-state index in [1.54, 1.807) is 0 Å². The zero-order valence-electron chi connectivity index (χ0n) is 27.8. The van der Waals surface area contributed by atoms with Crippen molar-refractivity contribution >= 4 is 47.7 Å². The van der Waals surface area contributed by atoms with Crippen molar-refractivity contribution < 1.29 is 45.2 Å². The number of halogens is 2. The van der Waals surface area contributed by atoms with Crippen LogP contribution in [0.15, 0.2) is 146 Å². The van der Waals surface area contributed by atoms with Crippen molar-refractivity contribution in [3.05, 3.63) is 179 Å². The van der Waals surface area contributed by atoms with Crippen LogP contribution in [-0.4, -0.2) is 0 Å². The first-order valence-corrected chi connectivity index (χ1v) is 18.0. The molecule has 246 valence electrons. The van der Waals surface area contributed by atoms with E-state index in [-0.39, 0.29) is 45.2 Å². The molecule has 0 heterocycles. The van der Waals surface area contributed by atoms with Gasteiger partial charge >= 0.3 is 0 Å². The van der Waals surface area contributed by atoms with E-state index in [0.717, 1.165) is 0 Å². The smallest absolute Gasteiger partial charge is 0 e. The first-order chi connectivity index (χ1) is 21.4. The summed E-state index contributed by atoms with van der Waals surface area (Å²) in [5.41, 5.74) is 8.25. The molecule has 47 heavy (non-hydrogen) atoms. The van der Waals surface area contributed by atoms with Gasteiger partial charge in [0.1, 0.15) is 0 Å². The maximum absolute atomic E-state index is 2.29. The van der Waals surface area contributed by atoms with Crippen molar-refractivity contribution in [2.45, 2.75) is 41.5 Å². The molecule has 6 rings (SSSR count). The molecule has 0 aliphatic carbocycles. The Kier molecular flexibility index (Phi) is 16.8. The zero-order valence-corrected chi connectivity index (χ0v) is 32.7. The summed E-state index contributed by atoms with van der Waals surface area (Å²) in [5, 5.41) is 8.76. The first-order valence-electron chi connectivity index (χ1n) is 15.3. The zero-order chi connectivity index (χ0) is 31.1.